The van der Waals surface area contributed by atoms with Crippen LogP contribution in [0.1, 0.15) is 37.8 Å². The predicted octanol–water partition coefficient (Wildman–Crippen LogP) is 3.24. The normalized spacial score (nSPS) is 12.6. The molecule has 0 unspecified atom stereocenters. The van der Waals surface area contributed by atoms with Gasteiger partial charge >= 0.3 is 5.97 Å². The van der Waals surface area contributed by atoms with Crippen LogP contribution in [0, 0.1) is 13.8 Å². The third kappa shape index (κ3) is 12.9. The second-order valence-corrected chi connectivity index (χ2v) is 4.54. The Morgan fingerprint density at radius 1 is 1.11 bits per heavy atom. The molecule has 108 valence electrons. The fourth-order valence-corrected chi connectivity index (χ4v) is 1.47. The van der Waals surface area contributed by atoms with Crippen LogP contribution in [0.4, 0.5) is 0 Å². The van der Waals surface area contributed by atoms with Gasteiger partial charge in [0.15, 0.2) is 0 Å². The van der Waals surface area contributed by atoms with E-state index in [1.165, 1.54) is 44.0 Å². The van der Waals surface area contributed by atoms with Crippen molar-refractivity contribution in [3.05, 3.63) is 35.4 Å². The summed E-state index contributed by atoms with van der Waals surface area (Å²) >= 11 is 0. The van der Waals surface area contributed by atoms with Crippen molar-refractivity contribution < 1.29 is 9.53 Å². The molecule has 3 nitrogen and oxygen atoms in total. The van der Waals surface area contributed by atoms with Gasteiger partial charge in [-0.3, -0.25) is 4.79 Å². The molecule has 0 saturated carbocycles. The molecule has 0 bridgehead atoms. The van der Waals surface area contributed by atoms with E-state index in [0.29, 0.717) is 6.61 Å². The summed E-state index contributed by atoms with van der Waals surface area (Å²) in [4.78, 5) is 9.82. The minimum absolute atomic E-state index is 0.211. The molecule has 0 atom stereocenters. The number of carbonyl (C=O) groups is 1. The van der Waals surface area contributed by atoms with E-state index in [9.17, 15) is 4.79 Å². The van der Waals surface area contributed by atoms with E-state index < -0.39 is 0 Å². The van der Waals surface area contributed by atoms with Crippen LogP contribution in [0.15, 0.2) is 24.3 Å². The molecular formula is C16H27NO2. The third-order valence-electron chi connectivity index (χ3n) is 2.52. The molecule has 0 aromatic heterocycles. The van der Waals surface area contributed by atoms with Gasteiger partial charge in [0.2, 0.25) is 0 Å². The number of benzene rings is 1. The highest BCUT2D eigenvalue weighted by Gasteiger charge is 1.93. The van der Waals surface area contributed by atoms with Crippen molar-refractivity contribution in [3.8, 4) is 0 Å². The monoisotopic (exact) mass is 265 g/mol. The lowest BCUT2D eigenvalue weighted by Crippen LogP contribution is -2.03. The second kappa shape index (κ2) is 11.7. The lowest BCUT2D eigenvalue weighted by Gasteiger charge is -1.90. The van der Waals surface area contributed by atoms with Gasteiger partial charge in [-0.05, 0) is 46.7 Å². The highest BCUT2D eigenvalue weighted by Crippen LogP contribution is 1.99. The first-order valence-electron chi connectivity index (χ1n) is 6.93. The SMILES string of the molecule is C1CCNC1.CCOC(C)=O.Cc1ccc(C)cc1. The number of ether oxygens (including phenoxy) is 1. The van der Waals surface area contributed by atoms with Crippen LogP contribution in [0.2, 0.25) is 0 Å². The van der Waals surface area contributed by atoms with E-state index in [1.54, 1.807) is 6.92 Å². The van der Waals surface area contributed by atoms with Crippen molar-refractivity contribution in [2.75, 3.05) is 19.7 Å². The molecule has 1 aromatic rings. The molecular weight excluding hydrogens is 238 g/mol. The Labute approximate surface area is 117 Å². The average Bonchev–Trinajstić information content (AvgIpc) is 2.92. The van der Waals surface area contributed by atoms with E-state index in [2.05, 4.69) is 48.2 Å². The lowest BCUT2D eigenvalue weighted by atomic mass is 10.2. The summed E-state index contributed by atoms with van der Waals surface area (Å²) in [6.07, 6.45) is 2.78. The van der Waals surface area contributed by atoms with Crippen molar-refractivity contribution in [2.24, 2.45) is 0 Å². The van der Waals surface area contributed by atoms with Crippen molar-refractivity contribution in [1.29, 1.82) is 0 Å². The molecule has 1 fully saturated rings. The molecule has 0 radical (unpaired) electrons. The first-order chi connectivity index (χ1) is 9.06. The quantitative estimate of drug-likeness (QED) is 0.792. The fraction of sp³-hybridized carbons (Fsp3) is 0.562. The first kappa shape index (κ1) is 17.6. The number of nitrogens with one attached hydrogen (secondary N) is 1. The summed E-state index contributed by atoms with van der Waals surface area (Å²) in [7, 11) is 0. The molecule has 3 heteroatoms. The molecule has 1 saturated heterocycles. The van der Waals surface area contributed by atoms with Gasteiger partial charge in [0.05, 0.1) is 6.61 Å². The number of rotatable bonds is 1. The van der Waals surface area contributed by atoms with E-state index in [4.69, 9.17) is 0 Å². The fourth-order valence-electron chi connectivity index (χ4n) is 1.47. The second-order valence-electron chi connectivity index (χ2n) is 4.54. The number of esters is 1. The summed E-state index contributed by atoms with van der Waals surface area (Å²) in [6, 6.07) is 8.48. The Hall–Kier alpha value is -1.35. The molecule has 0 spiro atoms. The number of aryl methyl sites for hydroxylation is 2. The zero-order valence-corrected chi connectivity index (χ0v) is 12.7. The van der Waals surface area contributed by atoms with Gasteiger partial charge in [-0.1, -0.05) is 35.4 Å². The van der Waals surface area contributed by atoms with Gasteiger partial charge in [0.1, 0.15) is 0 Å². The van der Waals surface area contributed by atoms with E-state index >= 15 is 0 Å². The summed E-state index contributed by atoms with van der Waals surface area (Å²) in [5, 5.41) is 3.22. The van der Waals surface area contributed by atoms with Crippen molar-refractivity contribution in [1.82, 2.24) is 5.32 Å². The zero-order chi connectivity index (χ0) is 14.5. The number of hydrogen-bond donors (Lipinski definition) is 1. The van der Waals surface area contributed by atoms with E-state index in [0.717, 1.165) is 0 Å². The van der Waals surface area contributed by atoms with Crippen molar-refractivity contribution >= 4 is 5.97 Å². The van der Waals surface area contributed by atoms with Gasteiger partial charge in [-0.2, -0.15) is 0 Å². The highest BCUT2D eigenvalue weighted by atomic mass is 16.5. The maximum absolute atomic E-state index is 9.82. The van der Waals surface area contributed by atoms with Crippen molar-refractivity contribution in [2.45, 2.75) is 40.5 Å². The Balaban J connectivity index is 0.000000264. The number of carbonyl (C=O) groups excluding carboxylic acids is 1. The van der Waals surface area contributed by atoms with Gasteiger partial charge in [-0.25, -0.2) is 0 Å². The number of hydrogen-bond acceptors (Lipinski definition) is 3. The summed E-state index contributed by atoms with van der Waals surface area (Å²) in [5.41, 5.74) is 2.66. The maximum Gasteiger partial charge on any atom is 0.302 e. The van der Waals surface area contributed by atoms with Gasteiger partial charge in [0, 0.05) is 6.92 Å². The topological polar surface area (TPSA) is 38.3 Å². The molecule has 1 aliphatic rings. The minimum atomic E-state index is -0.211. The molecule has 1 heterocycles. The Morgan fingerprint density at radius 2 is 1.53 bits per heavy atom. The zero-order valence-electron chi connectivity index (χ0n) is 12.7. The summed E-state index contributed by atoms with van der Waals surface area (Å²) in [5.74, 6) is -0.211. The molecule has 2 rings (SSSR count). The van der Waals surface area contributed by atoms with Gasteiger partial charge in [-0.15, -0.1) is 0 Å². The smallest absolute Gasteiger partial charge is 0.302 e. The molecule has 0 aliphatic carbocycles. The minimum Gasteiger partial charge on any atom is -0.466 e. The van der Waals surface area contributed by atoms with Gasteiger partial charge < -0.3 is 10.1 Å². The standard InChI is InChI=1S/C8H10.C4H9N.C4H8O2/c1-7-3-5-8(2)6-4-7;1-2-4-5-3-1;1-3-6-4(2)5/h3-6H,1-2H3;5H,1-4H2;3H2,1-2H3. The van der Waals surface area contributed by atoms with Crippen LogP contribution < -0.4 is 5.32 Å². The molecule has 1 aliphatic heterocycles. The van der Waals surface area contributed by atoms with Crippen LogP contribution in [-0.2, 0) is 9.53 Å². The van der Waals surface area contributed by atoms with Crippen molar-refractivity contribution in [3.63, 3.8) is 0 Å². The third-order valence-corrected chi connectivity index (χ3v) is 2.52. The van der Waals surface area contributed by atoms with Crippen LogP contribution in [-0.4, -0.2) is 25.7 Å². The summed E-state index contributed by atoms with van der Waals surface area (Å²) < 4.78 is 4.40. The maximum atomic E-state index is 9.82. The highest BCUT2D eigenvalue weighted by molar-refractivity contribution is 5.65. The summed E-state index contributed by atoms with van der Waals surface area (Å²) in [6.45, 7) is 10.3. The Bertz CT molecular complexity index is 300. The van der Waals surface area contributed by atoms with Crippen LogP contribution in [0.25, 0.3) is 0 Å². The molecule has 19 heavy (non-hydrogen) atoms. The van der Waals surface area contributed by atoms with Crippen LogP contribution >= 0.6 is 0 Å². The van der Waals surface area contributed by atoms with E-state index in [1.807, 2.05) is 0 Å². The van der Waals surface area contributed by atoms with Crippen LogP contribution in [0.5, 0.6) is 0 Å². The predicted molar refractivity (Wildman–Crippen MR) is 80.3 cm³/mol. The molecule has 1 aromatic carbocycles. The Morgan fingerprint density at radius 3 is 1.68 bits per heavy atom. The van der Waals surface area contributed by atoms with Gasteiger partial charge in [0.25, 0.3) is 0 Å². The Kier molecular flexibility index (Phi) is 10.9. The first-order valence-corrected chi connectivity index (χ1v) is 6.93. The largest absolute Gasteiger partial charge is 0.466 e. The van der Waals surface area contributed by atoms with E-state index in [-0.39, 0.29) is 5.97 Å². The molecule has 0 amide bonds. The molecule has 1 N–H and O–H groups in total. The lowest BCUT2D eigenvalue weighted by molar-refractivity contribution is -0.140. The van der Waals surface area contributed by atoms with Crippen LogP contribution in [0.3, 0.4) is 0 Å². The average molecular weight is 265 g/mol.